The van der Waals surface area contributed by atoms with E-state index in [0.717, 1.165) is 93.3 Å². The molecule has 526 valence electrons. The van der Waals surface area contributed by atoms with Gasteiger partial charge in [0.1, 0.15) is 34.6 Å². The van der Waals surface area contributed by atoms with Gasteiger partial charge in [0.15, 0.2) is 0 Å². The topological polar surface area (TPSA) is 68.8 Å². The average molecular weight is 1420 g/mol. The molecule has 0 bridgehead atoms. The van der Waals surface area contributed by atoms with Gasteiger partial charge in [0.05, 0.1) is 46.7 Å². The van der Waals surface area contributed by atoms with Crippen molar-refractivity contribution < 1.29 is 54.7 Å². The molecule has 0 amide bonds. The smallest absolute Gasteiger partial charge is 0.505 e. The third kappa shape index (κ3) is 16.2. The largest absolute Gasteiger partial charge is 2.00 e. The van der Waals surface area contributed by atoms with Gasteiger partial charge >= 0.3 is 26.2 Å². The van der Waals surface area contributed by atoms with Gasteiger partial charge in [-0.1, -0.05) is 189 Å². The molecule has 6 nitrogen and oxygen atoms in total. The zero-order chi connectivity index (χ0) is 69.9. The Hall–Kier alpha value is -6.70. The summed E-state index contributed by atoms with van der Waals surface area (Å²) in [6.45, 7) is 50.2. The first-order valence-electron chi connectivity index (χ1n) is 35.3. The van der Waals surface area contributed by atoms with Crippen molar-refractivity contribution in [2.75, 3.05) is 13.2 Å². The van der Waals surface area contributed by atoms with Crippen LogP contribution in [0.25, 0.3) is 77.2 Å². The molecule has 2 aromatic heterocycles. The van der Waals surface area contributed by atoms with Crippen LogP contribution in [0.15, 0.2) is 133 Å². The first-order valence-corrected chi connectivity index (χ1v) is 35.3. The molecule has 2 unspecified atom stereocenters. The summed E-state index contributed by atoms with van der Waals surface area (Å²) in [5.41, 5.74) is 12.8. The molecule has 0 radical (unpaired) electrons. The Kier molecular flexibility index (Phi) is 22.0. The number of hydrogen-bond donors (Lipinski definition) is 2. The maximum Gasteiger partial charge on any atom is 2.00 e. The van der Waals surface area contributed by atoms with E-state index in [0.29, 0.717) is 58.3 Å². The van der Waals surface area contributed by atoms with Crippen LogP contribution in [0.4, 0.5) is 8.78 Å². The van der Waals surface area contributed by atoms with Crippen molar-refractivity contribution in [3.63, 3.8) is 0 Å². The van der Waals surface area contributed by atoms with Crippen molar-refractivity contribution in [1.29, 1.82) is 0 Å². The molecular formula is C90H114F2N2O4Zr. The van der Waals surface area contributed by atoms with Gasteiger partial charge in [-0.15, -0.1) is 0 Å². The van der Waals surface area contributed by atoms with Gasteiger partial charge in [0, 0.05) is 43.8 Å². The van der Waals surface area contributed by atoms with E-state index >= 15 is 8.78 Å². The molecule has 99 heavy (non-hydrogen) atoms. The number of halogens is 2. The SMILES string of the molecule is CC(C)(C)CC(C)(C)c1cc(-c2cc(F)ccc2OCC2CCCCC2COc2ccc(F)cc2-c2cc(C(C)(C)CC(C)(C)C)cc(-n3c4ccc(C(C)(C)C)cc4c4cc(C(C)(C)C)ccc43)c2O)c(O)c(-n2c3ccc(C(C)(C)C)cc3c3cc(C(C)(C)C)ccc32)c1.[CH3-].[CH3-].[Zr+2]. The van der Waals surface area contributed by atoms with Crippen molar-refractivity contribution in [3.8, 4) is 56.6 Å². The molecule has 8 aromatic carbocycles. The third-order valence-corrected chi connectivity index (χ3v) is 20.6. The van der Waals surface area contributed by atoms with Gasteiger partial charge in [0.2, 0.25) is 0 Å². The van der Waals surface area contributed by atoms with Crippen LogP contribution in [-0.4, -0.2) is 32.6 Å². The Labute approximate surface area is 612 Å². The minimum Gasteiger partial charge on any atom is -0.505 e. The first-order chi connectivity index (χ1) is 44.5. The Bertz CT molecular complexity index is 4180. The number of aromatic nitrogens is 2. The van der Waals surface area contributed by atoms with Crippen LogP contribution >= 0.6 is 0 Å². The number of fused-ring (bicyclic) bond motifs is 6. The Balaban J connectivity index is 0.00000416. The molecule has 2 heterocycles. The zero-order valence-electron chi connectivity index (χ0n) is 64.4. The van der Waals surface area contributed by atoms with Crippen molar-refractivity contribution >= 4 is 43.6 Å². The van der Waals surface area contributed by atoms with E-state index in [1.54, 1.807) is 12.1 Å². The van der Waals surface area contributed by atoms with E-state index in [1.165, 1.54) is 46.5 Å². The van der Waals surface area contributed by atoms with Crippen LogP contribution in [0.2, 0.25) is 0 Å². The summed E-state index contributed by atoms with van der Waals surface area (Å²) in [5, 5.41) is 30.8. The third-order valence-electron chi connectivity index (χ3n) is 20.6. The summed E-state index contributed by atoms with van der Waals surface area (Å²) in [7, 11) is 0. The second-order valence-corrected chi connectivity index (χ2v) is 36.3. The van der Waals surface area contributed by atoms with Crippen molar-refractivity contribution in [1.82, 2.24) is 9.13 Å². The second-order valence-electron chi connectivity index (χ2n) is 36.3. The van der Waals surface area contributed by atoms with Crippen molar-refractivity contribution in [2.45, 2.75) is 223 Å². The first kappa shape index (κ1) is 78.0. The average Bonchev–Trinajstić information content (AvgIpc) is 1.62. The monoisotopic (exact) mass is 1410 g/mol. The van der Waals surface area contributed by atoms with Gasteiger partial charge in [-0.2, -0.15) is 0 Å². The summed E-state index contributed by atoms with van der Waals surface area (Å²) in [6, 6.07) is 44.6. The maximum absolute atomic E-state index is 16.2. The second kappa shape index (κ2) is 27.9. The van der Waals surface area contributed by atoms with Crippen molar-refractivity contribution in [2.24, 2.45) is 22.7 Å². The Morgan fingerprint density at radius 3 is 0.909 bits per heavy atom. The van der Waals surface area contributed by atoms with Crippen LogP contribution in [0, 0.1) is 49.2 Å². The zero-order valence-corrected chi connectivity index (χ0v) is 66.8. The molecule has 11 rings (SSSR count). The van der Waals surface area contributed by atoms with Crippen molar-refractivity contribution in [3.05, 3.63) is 193 Å². The van der Waals surface area contributed by atoms with Crippen LogP contribution in [0.3, 0.4) is 0 Å². The molecule has 1 aliphatic carbocycles. The van der Waals surface area contributed by atoms with Gasteiger partial charge in [0.25, 0.3) is 0 Å². The normalized spacial score (nSPS) is 15.3. The molecule has 0 spiro atoms. The molecule has 9 heteroatoms. The molecule has 1 saturated carbocycles. The van der Waals surface area contributed by atoms with Crippen LogP contribution in [-0.2, 0) is 58.7 Å². The number of benzene rings is 8. The van der Waals surface area contributed by atoms with E-state index in [1.807, 2.05) is 0 Å². The van der Waals surface area contributed by atoms with Gasteiger partial charge < -0.3 is 43.7 Å². The number of phenolic OH excluding ortho intramolecular Hbond substituents is 2. The predicted octanol–water partition coefficient (Wildman–Crippen LogP) is 25.7. The van der Waals surface area contributed by atoms with Gasteiger partial charge in [-0.3, -0.25) is 0 Å². The fourth-order valence-corrected chi connectivity index (χ4v) is 15.9. The molecule has 0 aliphatic heterocycles. The number of ether oxygens (including phenoxy) is 2. The summed E-state index contributed by atoms with van der Waals surface area (Å²) in [6.07, 6.45) is 5.49. The quantitative estimate of drug-likeness (QED) is 0.106. The summed E-state index contributed by atoms with van der Waals surface area (Å²) in [4.78, 5) is 0. The van der Waals surface area contributed by atoms with E-state index in [-0.39, 0.29) is 108 Å². The number of phenols is 2. The number of rotatable bonds is 14. The van der Waals surface area contributed by atoms with E-state index in [9.17, 15) is 10.2 Å². The van der Waals surface area contributed by atoms with E-state index in [4.69, 9.17) is 9.47 Å². The molecule has 2 N–H and O–H groups in total. The summed E-state index contributed by atoms with van der Waals surface area (Å²) < 4.78 is 50.8. The fourth-order valence-electron chi connectivity index (χ4n) is 15.9. The fraction of sp³-hybridized carbons (Fsp3) is 0.444. The maximum atomic E-state index is 16.2. The summed E-state index contributed by atoms with van der Waals surface area (Å²) in [5.74, 6) is 0.273. The minimum absolute atomic E-state index is 0. The van der Waals surface area contributed by atoms with Crippen LogP contribution in [0.5, 0.6) is 23.0 Å². The Morgan fingerprint density at radius 2 is 0.646 bits per heavy atom. The number of nitrogens with zero attached hydrogens (tertiary/aromatic N) is 2. The number of hydrogen-bond acceptors (Lipinski definition) is 4. The van der Waals surface area contributed by atoms with E-state index in [2.05, 4.69) is 259 Å². The standard InChI is InChI=1S/C88H108F2N2O4.2CH3.Zr/c1-81(2,3)51-87(19,20)59-43-69(79(93)75(45-59)91-71-33-27-55(83(7,8)9)39-63(71)64-40-56(84(10,11)12)28-34-72(64)91)67-47-61(89)31-37-77(67)95-49-53-25-23-24-26-54(53)50-96-78-38-32-62(90)48-68(78)70-44-60(88(21,22)52-82(4,5)6)46-76(80(70)94)92-73-35-29-57(85(13,14)15)41-65(73)66-42-58(86(16,17)18)30-36-74(66)92;;;/h27-48,53-54,93-94H,23-26,49-52H2,1-22H3;2*1H3;/q;2*-1;+2. The molecule has 1 fully saturated rings. The Morgan fingerprint density at radius 1 is 0.364 bits per heavy atom. The molecule has 0 saturated heterocycles. The van der Waals surface area contributed by atoms with Gasteiger partial charge in [-0.05, 0) is 223 Å². The van der Waals surface area contributed by atoms with Crippen LogP contribution < -0.4 is 9.47 Å². The van der Waals surface area contributed by atoms with Gasteiger partial charge in [-0.25, -0.2) is 8.78 Å². The van der Waals surface area contributed by atoms with Crippen LogP contribution in [0.1, 0.15) is 224 Å². The number of aromatic hydroxyl groups is 2. The minimum atomic E-state index is -0.432. The molecule has 1 aliphatic rings. The van der Waals surface area contributed by atoms with E-state index < -0.39 is 11.6 Å². The molecule has 2 atom stereocenters. The molecule has 10 aromatic rings. The predicted molar refractivity (Wildman–Crippen MR) is 414 cm³/mol. The molecular weight excluding hydrogens is 1300 g/mol. The summed E-state index contributed by atoms with van der Waals surface area (Å²) >= 11 is 0.